The Balaban J connectivity index is 1.93. The second-order valence-corrected chi connectivity index (χ2v) is 4.91. The van der Waals surface area contributed by atoms with Crippen LogP contribution in [-0.4, -0.2) is 41.3 Å². The summed E-state index contributed by atoms with van der Waals surface area (Å²) in [6.45, 7) is 5.71. The number of hydrogen-bond acceptors (Lipinski definition) is 3. The topological polar surface area (TPSA) is 26.7 Å². The minimum Gasteiger partial charge on any atom is -0.396 e. The smallest absolute Gasteiger partial charge is 0.0893 e. The predicted molar refractivity (Wildman–Crippen MR) is 72.5 cm³/mol. The molecule has 0 unspecified atom stereocenters. The minimum atomic E-state index is 0.293. The van der Waals surface area contributed by atoms with Crippen molar-refractivity contribution in [1.82, 2.24) is 9.80 Å². The molecule has 0 amide bonds. The summed E-state index contributed by atoms with van der Waals surface area (Å²) in [6.07, 6.45) is 13.4. The maximum atomic E-state index is 8.77. The highest BCUT2D eigenvalue weighted by Crippen LogP contribution is 2.10. The Bertz CT molecular complexity index is 206. The molecule has 17 heavy (non-hydrogen) atoms. The fourth-order valence-electron chi connectivity index (χ4n) is 2.18. The lowest BCUT2D eigenvalue weighted by atomic mass is 10.1. The average molecular weight is 240 g/mol. The van der Waals surface area contributed by atoms with Gasteiger partial charge in [-0.05, 0) is 12.8 Å². The molecule has 1 N–H and O–H groups in total. The van der Waals surface area contributed by atoms with Crippen LogP contribution in [0.15, 0.2) is 12.4 Å². The Morgan fingerprint density at radius 2 is 1.47 bits per heavy atom. The summed E-state index contributed by atoms with van der Waals surface area (Å²) in [5, 5.41) is 8.77. The molecule has 0 fully saturated rings. The van der Waals surface area contributed by atoms with Crippen molar-refractivity contribution in [2.24, 2.45) is 0 Å². The van der Waals surface area contributed by atoms with E-state index in [2.05, 4.69) is 29.1 Å². The van der Waals surface area contributed by atoms with Gasteiger partial charge < -0.3 is 14.9 Å². The zero-order chi connectivity index (χ0) is 12.3. The first-order chi connectivity index (χ1) is 8.36. The van der Waals surface area contributed by atoms with Crippen molar-refractivity contribution in [3.05, 3.63) is 12.4 Å². The maximum Gasteiger partial charge on any atom is 0.0893 e. The molecule has 0 radical (unpaired) electrons. The molecule has 1 heterocycles. The van der Waals surface area contributed by atoms with Gasteiger partial charge in [-0.25, -0.2) is 0 Å². The molecule has 3 nitrogen and oxygen atoms in total. The monoisotopic (exact) mass is 240 g/mol. The molecule has 1 aliphatic rings. The molecule has 0 aromatic rings. The highest BCUT2D eigenvalue weighted by Gasteiger charge is 2.10. The summed E-state index contributed by atoms with van der Waals surface area (Å²) >= 11 is 0. The van der Waals surface area contributed by atoms with E-state index in [0.717, 1.165) is 19.6 Å². The van der Waals surface area contributed by atoms with Gasteiger partial charge in [0.05, 0.1) is 6.67 Å². The van der Waals surface area contributed by atoms with Gasteiger partial charge in [-0.15, -0.1) is 0 Å². The van der Waals surface area contributed by atoms with Gasteiger partial charge >= 0.3 is 0 Å². The van der Waals surface area contributed by atoms with E-state index in [0.29, 0.717) is 6.61 Å². The minimum absolute atomic E-state index is 0.293. The van der Waals surface area contributed by atoms with Crippen LogP contribution in [0.1, 0.15) is 51.9 Å². The van der Waals surface area contributed by atoms with E-state index in [1.165, 1.54) is 45.1 Å². The predicted octanol–water partition coefficient (Wildman–Crippen LogP) is 2.78. The SMILES string of the molecule is CCCCCCCCN1C=CN(CCCO)C1. The van der Waals surface area contributed by atoms with Crippen LogP contribution in [0, 0.1) is 0 Å². The van der Waals surface area contributed by atoms with Crippen LogP contribution in [0.5, 0.6) is 0 Å². The Labute approximate surface area is 106 Å². The molecule has 1 aliphatic heterocycles. The number of unbranched alkanes of at least 4 members (excludes halogenated alkanes) is 5. The molecule has 0 saturated carbocycles. The molecule has 0 aliphatic carbocycles. The van der Waals surface area contributed by atoms with Gasteiger partial charge in [0, 0.05) is 32.1 Å². The second kappa shape index (κ2) is 9.34. The summed E-state index contributed by atoms with van der Waals surface area (Å²) in [5.74, 6) is 0. The van der Waals surface area contributed by atoms with Gasteiger partial charge in [-0.2, -0.15) is 0 Å². The highest BCUT2D eigenvalue weighted by atomic mass is 16.3. The van der Waals surface area contributed by atoms with Crippen molar-refractivity contribution >= 4 is 0 Å². The molecule has 0 saturated heterocycles. The summed E-state index contributed by atoms with van der Waals surface area (Å²) < 4.78 is 0. The number of hydrogen-bond donors (Lipinski definition) is 1. The Morgan fingerprint density at radius 1 is 0.882 bits per heavy atom. The van der Waals surface area contributed by atoms with Crippen molar-refractivity contribution < 1.29 is 5.11 Å². The van der Waals surface area contributed by atoms with E-state index in [-0.39, 0.29) is 0 Å². The zero-order valence-corrected chi connectivity index (χ0v) is 11.3. The third-order valence-electron chi connectivity index (χ3n) is 3.25. The molecule has 100 valence electrons. The van der Waals surface area contributed by atoms with E-state index in [1.807, 2.05) is 0 Å². The quantitative estimate of drug-likeness (QED) is 0.595. The zero-order valence-electron chi connectivity index (χ0n) is 11.3. The van der Waals surface area contributed by atoms with Crippen molar-refractivity contribution in [1.29, 1.82) is 0 Å². The normalized spacial score (nSPS) is 14.9. The first kappa shape index (κ1) is 14.4. The van der Waals surface area contributed by atoms with Gasteiger partial charge in [0.1, 0.15) is 0 Å². The van der Waals surface area contributed by atoms with Gasteiger partial charge in [0.15, 0.2) is 0 Å². The number of rotatable bonds is 10. The fraction of sp³-hybridized carbons (Fsp3) is 0.857. The molecule has 0 aromatic carbocycles. The standard InChI is InChI=1S/C14H28N2O/c1-2-3-4-5-6-7-9-15-11-12-16(14-15)10-8-13-17/h11-12,17H,2-10,13-14H2,1H3. The largest absolute Gasteiger partial charge is 0.396 e. The van der Waals surface area contributed by atoms with E-state index in [4.69, 9.17) is 5.11 Å². The van der Waals surface area contributed by atoms with E-state index in [9.17, 15) is 0 Å². The maximum absolute atomic E-state index is 8.77. The van der Waals surface area contributed by atoms with Crippen LogP contribution in [0.25, 0.3) is 0 Å². The van der Waals surface area contributed by atoms with Crippen LogP contribution in [-0.2, 0) is 0 Å². The fourth-order valence-corrected chi connectivity index (χ4v) is 2.18. The van der Waals surface area contributed by atoms with Crippen LogP contribution >= 0.6 is 0 Å². The van der Waals surface area contributed by atoms with Crippen LogP contribution in [0.3, 0.4) is 0 Å². The molecule has 0 atom stereocenters. The summed E-state index contributed by atoms with van der Waals surface area (Å²) in [5.41, 5.74) is 0. The van der Waals surface area contributed by atoms with E-state index in [1.54, 1.807) is 0 Å². The van der Waals surface area contributed by atoms with Crippen LogP contribution in [0.4, 0.5) is 0 Å². The van der Waals surface area contributed by atoms with E-state index < -0.39 is 0 Å². The summed E-state index contributed by atoms with van der Waals surface area (Å²) in [6, 6.07) is 0. The first-order valence-corrected chi connectivity index (χ1v) is 7.14. The van der Waals surface area contributed by atoms with Gasteiger partial charge in [0.25, 0.3) is 0 Å². The molecule has 1 rings (SSSR count). The molecule has 0 bridgehead atoms. The third-order valence-corrected chi connectivity index (χ3v) is 3.25. The molecular formula is C14H28N2O. The van der Waals surface area contributed by atoms with Crippen molar-refractivity contribution in [3.63, 3.8) is 0 Å². The first-order valence-electron chi connectivity index (χ1n) is 7.14. The van der Waals surface area contributed by atoms with Crippen molar-refractivity contribution in [2.45, 2.75) is 51.9 Å². The van der Waals surface area contributed by atoms with Gasteiger partial charge in [-0.3, -0.25) is 0 Å². The summed E-state index contributed by atoms with van der Waals surface area (Å²) in [7, 11) is 0. The third kappa shape index (κ3) is 6.57. The Morgan fingerprint density at radius 3 is 2.12 bits per heavy atom. The molecule has 3 heteroatoms. The number of aliphatic hydroxyl groups excluding tert-OH is 1. The summed E-state index contributed by atoms with van der Waals surface area (Å²) in [4.78, 5) is 4.64. The average Bonchev–Trinajstić information content (AvgIpc) is 2.79. The Kier molecular flexibility index (Phi) is 7.89. The lowest BCUT2D eigenvalue weighted by Gasteiger charge is -2.20. The lowest BCUT2D eigenvalue weighted by Crippen LogP contribution is -2.27. The number of aliphatic hydroxyl groups is 1. The van der Waals surface area contributed by atoms with E-state index >= 15 is 0 Å². The van der Waals surface area contributed by atoms with Gasteiger partial charge in [-0.1, -0.05) is 39.0 Å². The van der Waals surface area contributed by atoms with Crippen LogP contribution < -0.4 is 0 Å². The van der Waals surface area contributed by atoms with Gasteiger partial charge in [0.2, 0.25) is 0 Å². The van der Waals surface area contributed by atoms with Crippen molar-refractivity contribution in [3.8, 4) is 0 Å². The van der Waals surface area contributed by atoms with Crippen molar-refractivity contribution in [2.75, 3.05) is 26.4 Å². The highest BCUT2D eigenvalue weighted by molar-refractivity contribution is 4.90. The second-order valence-electron chi connectivity index (χ2n) is 4.91. The lowest BCUT2D eigenvalue weighted by molar-refractivity contribution is 0.227. The Hall–Kier alpha value is -0.700. The molecular weight excluding hydrogens is 212 g/mol. The molecule has 0 spiro atoms. The van der Waals surface area contributed by atoms with Crippen LogP contribution in [0.2, 0.25) is 0 Å². The number of nitrogens with zero attached hydrogens (tertiary/aromatic N) is 2. The molecule has 0 aromatic heterocycles.